The first-order valence-electron chi connectivity index (χ1n) is 22.9. The van der Waals surface area contributed by atoms with E-state index in [1.54, 1.807) is 0 Å². The molecule has 6 nitrogen and oxygen atoms in total. The molecule has 0 rings (SSSR count). The molecule has 0 amide bonds. The van der Waals surface area contributed by atoms with Gasteiger partial charge in [-0.1, -0.05) is 216 Å². The third-order valence-electron chi connectivity index (χ3n) is 9.66. The average Bonchev–Trinajstić information content (AvgIpc) is 3.18. The third-order valence-corrected chi connectivity index (χ3v) is 9.66. The van der Waals surface area contributed by atoms with Crippen molar-refractivity contribution < 1.29 is 28.6 Å². The molecule has 0 aliphatic carbocycles. The van der Waals surface area contributed by atoms with Crippen LogP contribution in [0.2, 0.25) is 0 Å². The van der Waals surface area contributed by atoms with Gasteiger partial charge in [-0.3, -0.25) is 14.4 Å². The van der Waals surface area contributed by atoms with Crippen LogP contribution in [0.5, 0.6) is 0 Å². The number of hydrogen-bond acceptors (Lipinski definition) is 6. The molecule has 0 radical (unpaired) electrons. The molecule has 0 fully saturated rings. The molecule has 1 atom stereocenters. The molecule has 0 saturated carbocycles. The monoisotopic (exact) mass is 769 g/mol. The Morgan fingerprint density at radius 2 is 0.709 bits per heavy atom. The molecule has 55 heavy (non-hydrogen) atoms. The van der Waals surface area contributed by atoms with Crippen molar-refractivity contribution in [2.75, 3.05) is 13.2 Å². The van der Waals surface area contributed by atoms with Crippen LogP contribution in [0.25, 0.3) is 0 Å². The fourth-order valence-corrected chi connectivity index (χ4v) is 6.23. The van der Waals surface area contributed by atoms with Crippen molar-refractivity contribution in [3.8, 4) is 0 Å². The van der Waals surface area contributed by atoms with Gasteiger partial charge in [0.1, 0.15) is 13.2 Å². The molecule has 316 valence electrons. The van der Waals surface area contributed by atoms with Crippen LogP contribution in [-0.4, -0.2) is 37.2 Å². The minimum absolute atomic E-state index is 0.0856. The quantitative estimate of drug-likeness (QED) is 0.0267. The van der Waals surface area contributed by atoms with E-state index in [9.17, 15) is 14.4 Å². The molecule has 0 aliphatic rings. The molecule has 0 saturated heterocycles. The Bertz CT molecular complexity index is 1020. The van der Waals surface area contributed by atoms with E-state index in [-0.39, 0.29) is 31.1 Å². The van der Waals surface area contributed by atoms with Gasteiger partial charge in [-0.05, 0) is 38.5 Å². The molecular weight excluding hydrogens is 685 g/mol. The highest BCUT2D eigenvalue weighted by molar-refractivity contribution is 5.71. The second-order valence-electron chi connectivity index (χ2n) is 15.1. The highest BCUT2D eigenvalue weighted by atomic mass is 16.6. The lowest BCUT2D eigenvalue weighted by Gasteiger charge is -2.18. The van der Waals surface area contributed by atoms with Gasteiger partial charge in [-0.2, -0.15) is 0 Å². The molecule has 6 heteroatoms. The van der Waals surface area contributed by atoms with Gasteiger partial charge in [-0.15, -0.1) is 0 Å². The Balaban J connectivity index is 4.45. The lowest BCUT2D eigenvalue weighted by atomic mass is 10.1. The van der Waals surface area contributed by atoms with E-state index >= 15 is 0 Å². The maximum absolute atomic E-state index is 12.7. The second-order valence-corrected chi connectivity index (χ2v) is 15.1. The van der Waals surface area contributed by atoms with Crippen LogP contribution in [0.1, 0.15) is 213 Å². The first kappa shape index (κ1) is 52.1. The number of carbonyl (C=O) groups excluding carboxylic acids is 3. The Morgan fingerprint density at radius 1 is 0.382 bits per heavy atom. The molecule has 0 N–H and O–H groups in total. The first-order chi connectivity index (χ1) is 27.0. The van der Waals surface area contributed by atoms with Crippen molar-refractivity contribution in [1.29, 1.82) is 0 Å². The normalized spacial score (nSPS) is 12.6. The van der Waals surface area contributed by atoms with Crippen LogP contribution in [0, 0.1) is 0 Å². The molecule has 0 aromatic heterocycles. The van der Waals surface area contributed by atoms with Gasteiger partial charge < -0.3 is 14.2 Å². The maximum Gasteiger partial charge on any atom is 0.306 e. The molecule has 0 aromatic carbocycles. The van der Waals surface area contributed by atoms with Crippen molar-refractivity contribution in [3.05, 3.63) is 60.8 Å². The van der Waals surface area contributed by atoms with Gasteiger partial charge >= 0.3 is 17.9 Å². The molecule has 1 unspecified atom stereocenters. The Kier molecular flexibility index (Phi) is 41.5. The predicted octanol–water partition coefficient (Wildman–Crippen LogP) is 14.5. The minimum atomic E-state index is -0.785. The summed E-state index contributed by atoms with van der Waals surface area (Å²) in [7, 11) is 0. The summed E-state index contributed by atoms with van der Waals surface area (Å²) in [4.78, 5) is 37.7. The summed E-state index contributed by atoms with van der Waals surface area (Å²) >= 11 is 0. The van der Waals surface area contributed by atoms with Gasteiger partial charge in [0.2, 0.25) is 0 Å². The van der Waals surface area contributed by atoms with Crippen LogP contribution in [0.15, 0.2) is 60.8 Å². The van der Waals surface area contributed by atoms with E-state index in [0.717, 1.165) is 70.6 Å². The van der Waals surface area contributed by atoms with E-state index in [1.807, 2.05) is 48.6 Å². The summed E-state index contributed by atoms with van der Waals surface area (Å²) in [6, 6.07) is 0. The summed E-state index contributed by atoms with van der Waals surface area (Å²) in [5.41, 5.74) is 0. The van der Waals surface area contributed by atoms with Crippen LogP contribution in [0.4, 0.5) is 0 Å². The number of hydrogen-bond donors (Lipinski definition) is 0. The number of ether oxygens (including phenoxy) is 3. The Hall–Kier alpha value is -2.89. The largest absolute Gasteiger partial charge is 0.462 e. The van der Waals surface area contributed by atoms with Gasteiger partial charge in [0, 0.05) is 19.3 Å². The smallest absolute Gasteiger partial charge is 0.306 e. The number of carbonyl (C=O) groups is 3. The van der Waals surface area contributed by atoms with Crippen molar-refractivity contribution in [1.82, 2.24) is 0 Å². The van der Waals surface area contributed by atoms with Crippen LogP contribution >= 0.6 is 0 Å². The van der Waals surface area contributed by atoms with Crippen molar-refractivity contribution in [2.45, 2.75) is 219 Å². The molecule has 0 heterocycles. The molecule has 0 aliphatic heterocycles. The first-order valence-corrected chi connectivity index (χ1v) is 22.9. The molecular formula is C49H84O6. The van der Waals surface area contributed by atoms with E-state index in [2.05, 4.69) is 32.9 Å². The predicted molar refractivity (Wildman–Crippen MR) is 233 cm³/mol. The average molecular weight is 769 g/mol. The highest BCUT2D eigenvalue weighted by Crippen LogP contribution is 2.14. The van der Waals surface area contributed by atoms with Crippen LogP contribution in [-0.2, 0) is 28.6 Å². The second kappa shape index (κ2) is 43.8. The number of unbranched alkanes of at least 4 members (excludes halogenated alkanes) is 23. The molecule has 0 aromatic rings. The zero-order valence-corrected chi connectivity index (χ0v) is 35.9. The fraction of sp³-hybridized carbons (Fsp3) is 0.735. The van der Waals surface area contributed by atoms with E-state index in [1.165, 1.54) is 103 Å². The van der Waals surface area contributed by atoms with Crippen molar-refractivity contribution in [2.24, 2.45) is 0 Å². The molecule has 0 bridgehead atoms. The summed E-state index contributed by atoms with van der Waals surface area (Å²) in [6.07, 6.45) is 52.0. The van der Waals surface area contributed by atoms with Crippen LogP contribution < -0.4 is 0 Å². The lowest BCUT2D eigenvalue weighted by Crippen LogP contribution is -2.30. The number of allylic oxidation sites excluding steroid dienone is 10. The Labute approximate surface area is 339 Å². The van der Waals surface area contributed by atoms with E-state index < -0.39 is 6.10 Å². The fourth-order valence-electron chi connectivity index (χ4n) is 6.23. The van der Waals surface area contributed by atoms with Crippen molar-refractivity contribution in [3.63, 3.8) is 0 Å². The topological polar surface area (TPSA) is 78.9 Å². The summed E-state index contributed by atoms with van der Waals surface area (Å²) in [5, 5.41) is 0. The van der Waals surface area contributed by atoms with E-state index in [4.69, 9.17) is 14.2 Å². The summed E-state index contributed by atoms with van der Waals surface area (Å²) < 4.78 is 16.7. The van der Waals surface area contributed by atoms with Gasteiger partial charge in [-0.25, -0.2) is 0 Å². The Morgan fingerprint density at radius 3 is 1.11 bits per heavy atom. The molecule has 0 spiro atoms. The van der Waals surface area contributed by atoms with Gasteiger partial charge in [0.15, 0.2) is 6.10 Å². The minimum Gasteiger partial charge on any atom is -0.462 e. The standard InChI is InChI=1S/C49H84O6/c1-4-7-10-13-16-19-22-23-24-25-28-30-33-36-39-42-48(51)54-45-46(55-49(52)43-40-37-34-31-27-21-18-15-12-9-6-3)44-53-47(50)41-38-35-32-29-26-20-17-14-11-8-5-2/h7,10,13,16,19,22-25,28,46H,4-6,8-9,11-12,14-15,17-18,20-21,26-27,29-45H2,1-3H3/b10-7-,16-13-,22-19-,24-23-,28-25-. The summed E-state index contributed by atoms with van der Waals surface area (Å²) in [6.45, 7) is 6.43. The zero-order chi connectivity index (χ0) is 40.1. The SMILES string of the molecule is CC\C=C/C=C\C=C/C=C\C=C/CCCCCC(=O)OCC(COC(=O)CCCCCCCCCCCCC)OC(=O)CCCCCCCCCCCCC. The van der Waals surface area contributed by atoms with Crippen molar-refractivity contribution >= 4 is 17.9 Å². The lowest BCUT2D eigenvalue weighted by molar-refractivity contribution is -0.167. The van der Waals surface area contributed by atoms with Crippen LogP contribution in [0.3, 0.4) is 0 Å². The summed E-state index contributed by atoms with van der Waals surface area (Å²) in [5.74, 6) is -0.931. The number of rotatable bonds is 40. The van der Waals surface area contributed by atoms with Gasteiger partial charge in [0.25, 0.3) is 0 Å². The third kappa shape index (κ3) is 42.1. The highest BCUT2D eigenvalue weighted by Gasteiger charge is 2.19. The zero-order valence-electron chi connectivity index (χ0n) is 35.9. The van der Waals surface area contributed by atoms with Gasteiger partial charge in [0.05, 0.1) is 0 Å². The van der Waals surface area contributed by atoms with E-state index in [0.29, 0.717) is 19.3 Å². The maximum atomic E-state index is 12.7. The number of esters is 3.